The molecular formula is C19H14Cl2N2O5. The van der Waals surface area contributed by atoms with E-state index in [1.54, 1.807) is 19.1 Å². The second-order valence-corrected chi connectivity index (χ2v) is 6.66. The van der Waals surface area contributed by atoms with E-state index in [4.69, 9.17) is 32.4 Å². The summed E-state index contributed by atoms with van der Waals surface area (Å²) in [6.07, 6.45) is 1.21. The number of carbonyl (C=O) groups excluding carboxylic acids is 1. The first-order chi connectivity index (χ1) is 13.3. The normalized spacial score (nSPS) is 11.1. The predicted octanol–water partition coefficient (Wildman–Crippen LogP) is 3.64. The van der Waals surface area contributed by atoms with E-state index >= 15 is 0 Å². The number of phenols is 1. The zero-order chi connectivity index (χ0) is 20.3. The van der Waals surface area contributed by atoms with Crippen LogP contribution in [0.2, 0.25) is 10.0 Å². The summed E-state index contributed by atoms with van der Waals surface area (Å²) in [5, 5.41) is 14.7. The molecule has 0 atom stereocenters. The van der Waals surface area contributed by atoms with Crippen LogP contribution in [0.25, 0.3) is 11.0 Å². The molecule has 2 N–H and O–H groups in total. The van der Waals surface area contributed by atoms with Crippen LogP contribution >= 0.6 is 23.2 Å². The first-order valence-corrected chi connectivity index (χ1v) is 8.76. The predicted molar refractivity (Wildman–Crippen MR) is 107 cm³/mol. The largest absolute Gasteiger partial charge is 0.506 e. The third kappa shape index (κ3) is 4.62. The minimum Gasteiger partial charge on any atom is -0.506 e. The minimum absolute atomic E-state index is 0.0711. The van der Waals surface area contributed by atoms with Gasteiger partial charge in [-0.05, 0) is 36.8 Å². The number of amides is 1. The first-order valence-electron chi connectivity index (χ1n) is 8.00. The molecule has 144 valence electrons. The summed E-state index contributed by atoms with van der Waals surface area (Å²) in [6.45, 7) is 1.48. The summed E-state index contributed by atoms with van der Waals surface area (Å²) in [5.41, 5.74) is 3.20. The number of benzene rings is 2. The molecule has 0 fully saturated rings. The van der Waals surface area contributed by atoms with Gasteiger partial charge < -0.3 is 14.3 Å². The van der Waals surface area contributed by atoms with Crippen molar-refractivity contribution in [2.45, 2.75) is 6.92 Å². The van der Waals surface area contributed by atoms with E-state index in [0.29, 0.717) is 16.4 Å². The van der Waals surface area contributed by atoms with Crippen molar-refractivity contribution >= 4 is 46.3 Å². The number of rotatable bonds is 5. The number of ether oxygens (including phenoxy) is 1. The van der Waals surface area contributed by atoms with E-state index in [9.17, 15) is 14.7 Å². The molecule has 9 heteroatoms. The maximum Gasteiger partial charge on any atom is 0.336 e. The Bertz CT molecular complexity index is 1140. The molecule has 0 aliphatic rings. The fourth-order valence-corrected chi connectivity index (χ4v) is 2.94. The SMILES string of the molecule is Cc1cc(=O)oc2cc(OCC(=O)N/N=C/c3cc(Cl)cc(Cl)c3O)ccc12. The summed E-state index contributed by atoms with van der Waals surface area (Å²) in [4.78, 5) is 23.3. The highest BCUT2D eigenvalue weighted by Gasteiger charge is 2.08. The monoisotopic (exact) mass is 420 g/mol. The van der Waals surface area contributed by atoms with E-state index in [1.807, 2.05) is 0 Å². The molecule has 1 heterocycles. The Hall–Kier alpha value is -3.03. The Kier molecular flexibility index (Phi) is 5.87. The number of hydrogen-bond donors (Lipinski definition) is 2. The van der Waals surface area contributed by atoms with Gasteiger partial charge in [-0.3, -0.25) is 4.79 Å². The van der Waals surface area contributed by atoms with Crippen LogP contribution in [0.4, 0.5) is 0 Å². The molecule has 0 spiro atoms. The van der Waals surface area contributed by atoms with Crippen molar-refractivity contribution in [3.05, 3.63) is 68.0 Å². The summed E-state index contributed by atoms with van der Waals surface area (Å²) in [5.74, 6) is -0.373. The van der Waals surface area contributed by atoms with Gasteiger partial charge in [0.1, 0.15) is 17.1 Å². The van der Waals surface area contributed by atoms with Crippen LogP contribution in [0.5, 0.6) is 11.5 Å². The molecule has 0 saturated heterocycles. The Morgan fingerprint density at radius 1 is 1.29 bits per heavy atom. The number of hydrazone groups is 1. The first kappa shape index (κ1) is 19.7. The molecular weight excluding hydrogens is 407 g/mol. The van der Waals surface area contributed by atoms with Gasteiger partial charge in [0.2, 0.25) is 0 Å². The standard InChI is InChI=1S/C19H14Cl2N2O5/c1-10-4-18(25)28-16-7-13(2-3-14(10)16)27-9-17(24)23-22-8-11-5-12(20)6-15(21)19(11)26/h2-8,26H,9H2,1H3,(H,23,24)/b22-8+. The van der Waals surface area contributed by atoms with Gasteiger partial charge >= 0.3 is 5.63 Å². The minimum atomic E-state index is -0.533. The topological polar surface area (TPSA) is 101 Å². The van der Waals surface area contributed by atoms with Crippen LogP contribution in [0.1, 0.15) is 11.1 Å². The Morgan fingerprint density at radius 2 is 2.07 bits per heavy atom. The number of aryl methyl sites for hydroxylation is 1. The average molecular weight is 421 g/mol. The number of aromatic hydroxyl groups is 1. The van der Waals surface area contributed by atoms with Crippen molar-refractivity contribution in [3.8, 4) is 11.5 Å². The zero-order valence-electron chi connectivity index (χ0n) is 14.5. The number of nitrogens with zero attached hydrogens (tertiary/aromatic N) is 1. The van der Waals surface area contributed by atoms with Crippen molar-refractivity contribution in [1.82, 2.24) is 5.43 Å². The highest BCUT2D eigenvalue weighted by molar-refractivity contribution is 6.36. The highest BCUT2D eigenvalue weighted by Crippen LogP contribution is 2.29. The van der Waals surface area contributed by atoms with E-state index in [-0.39, 0.29) is 22.9 Å². The Labute approximate surface area is 169 Å². The van der Waals surface area contributed by atoms with Crippen molar-refractivity contribution < 1.29 is 19.1 Å². The number of hydrogen-bond acceptors (Lipinski definition) is 6. The summed E-state index contributed by atoms with van der Waals surface area (Å²) in [6, 6.07) is 9.17. The number of nitrogens with one attached hydrogen (secondary N) is 1. The molecule has 28 heavy (non-hydrogen) atoms. The molecule has 0 aliphatic heterocycles. The van der Waals surface area contributed by atoms with Gasteiger partial charge in [0.05, 0.1) is 11.2 Å². The van der Waals surface area contributed by atoms with Gasteiger partial charge in [0, 0.05) is 28.1 Å². The lowest BCUT2D eigenvalue weighted by atomic mass is 10.1. The van der Waals surface area contributed by atoms with Gasteiger partial charge in [0.25, 0.3) is 5.91 Å². The van der Waals surface area contributed by atoms with Crippen LogP contribution < -0.4 is 15.8 Å². The zero-order valence-corrected chi connectivity index (χ0v) is 16.0. The van der Waals surface area contributed by atoms with E-state index < -0.39 is 11.5 Å². The number of carbonyl (C=O) groups is 1. The van der Waals surface area contributed by atoms with E-state index in [0.717, 1.165) is 10.9 Å². The average Bonchev–Trinajstić information content (AvgIpc) is 2.63. The number of fused-ring (bicyclic) bond motifs is 1. The maximum absolute atomic E-state index is 11.9. The molecule has 7 nitrogen and oxygen atoms in total. The molecule has 0 saturated carbocycles. The molecule has 0 bridgehead atoms. The molecule has 1 aromatic heterocycles. The van der Waals surface area contributed by atoms with Crippen LogP contribution in [-0.2, 0) is 4.79 Å². The third-order valence-electron chi connectivity index (χ3n) is 3.74. The van der Waals surface area contributed by atoms with Crippen LogP contribution in [0.3, 0.4) is 0 Å². The van der Waals surface area contributed by atoms with Crippen molar-refractivity contribution in [2.24, 2.45) is 5.10 Å². The lowest BCUT2D eigenvalue weighted by Gasteiger charge is -2.07. The molecule has 0 aliphatic carbocycles. The maximum atomic E-state index is 11.9. The molecule has 2 aromatic carbocycles. The van der Waals surface area contributed by atoms with Crippen molar-refractivity contribution in [1.29, 1.82) is 0 Å². The van der Waals surface area contributed by atoms with Crippen molar-refractivity contribution in [3.63, 3.8) is 0 Å². The molecule has 0 radical (unpaired) electrons. The summed E-state index contributed by atoms with van der Waals surface area (Å²) >= 11 is 11.7. The smallest absolute Gasteiger partial charge is 0.336 e. The van der Waals surface area contributed by atoms with Gasteiger partial charge in [-0.2, -0.15) is 5.10 Å². The van der Waals surface area contributed by atoms with Crippen molar-refractivity contribution in [2.75, 3.05) is 6.61 Å². The number of phenolic OH excluding ortho intramolecular Hbond substituents is 1. The quantitative estimate of drug-likeness (QED) is 0.372. The van der Waals surface area contributed by atoms with E-state index in [1.165, 1.54) is 30.5 Å². The van der Waals surface area contributed by atoms with Gasteiger partial charge in [-0.1, -0.05) is 23.2 Å². The third-order valence-corrected chi connectivity index (χ3v) is 4.25. The molecule has 3 aromatic rings. The van der Waals surface area contributed by atoms with Crippen LogP contribution in [0, 0.1) is 6.92 Å². The molecule has 1 amide bonds. The number of halogens is 2. The Balaban J connectivity index is 1.62. The summed E-state index contributed by atoms with van der Waals surface area (Å²) in [7, 11) is 0. The second kappa shape index (κ2) is 8.33. The van der Waals surface area contributed by atoms with Crippen LogP contribution in [0.15, 0.2) is 50.7 Å². The lowest BCUT2D eigenvalue weighted by Crippen LogP contribution is -2.24. The second-order valence-electron chi connectivity index (χ2n) is 5.81. The summed E-state index contributed by atoms with van der Waals surface area (Å²) < 4.78 is 10.5. The Morgan fingerprint density at radius 3 is 2.86 bits per heavy atom. The lowest BCUT2D eigenvalue weighted by molar-refractivity contribution is -0.123. The van der Waals surface area contributed by atoms with Gasteiger partial charge in [-0.15, -0.1) is 0 Å². The van der Waals surface area contributed by atoms with Gasteiger partial charge in [0.15, 0.2) is 6.61 Å². The fourth-order valence-electron chi connectivity index (χ4n) is 2.43. The van der Waals surface area contributed by atoms with Gasteiger partial charge in [-0.25, -0.2) is 10.2 Å². The van der Waals surface area contributed by atoms with Crippen LogP contribution in [-0.4, -0.2) is 23.8 Å². The molecule has 0 unspecified atom stereocenters. The fraction of sp³-hybridized carbons (Fsp3) is 0.105. The highest BCUT2D eigenvalue weighted by atomic mass is 35.5. The van der Waals surface area contributed by atoms with E-state index in [2.05, 4.69) is 10.5 Å². The molecule has 3 rings (SSSR count).